The predicted octanol–water partition coefficient (Wildman–Crippen LogP) is 2.98. The summed E-state index contributed by atoms with van der Waals surface area (Å²) in [6.07, 6.45) is 3.11. The van der Waals surface area contributed by atoms with E-state index in [1.807, 2.05) is 0 Å². The van der Waals surface area contributed by atoms with Crippen LogP contribution in [0.2, 0.25) is 0 Å². The second-order valence-corrected chi connectivity index (χ2v) is 4.92. The molecule has 6 heteroatoms. The first-order valence-electron chi connectivity index (χ1n) is 7.27. The minimum Gasteiger partial charge on any atom is -0.321 e. The van der Waals surface area contributed by atoms with Gasteiger partial charge >= 0.3 is 0 Å². The highest BCUT2D eigenvalue weighted by atomic mass is 16.2. The molecule has 2 aromatic heterocycles. The molecule has 0 aliphatic heterocycles. The zero-order chi connectivity index (χ0) is 16.8. The van der Waals surface area contributed by atoms with Crippen LogP contribution in [0.1, 0.15) is 21.0 Å². The molecule has 0 spiro atoms. The Kier molecular flexibility index (Phi) is 4.57. The van der Waals surface area contributed by atoms with Gasteiger partial charge in [0.15, 0.2) is 0 Å². The number of pyridine rings is 2. The molecule has 0 saturated carbocycles. The van der Waals surface area contributed by atoms with E-state index in [1.165, 1.54) is 0 Å². The lowest BCUT2D eigenvalue weighted by Gasteiger charge is -2.08. The predicted molar refractivity (Wildman–Crippen MR) is 90.8 cm³/mol. The summed E-state index contributed by atoms with van der Waals surface area (Å²) in [7, 11) is 0. The molecule has 0 aliphatic carbocycles. The number of aromatic nitrogens is 2. The molecule has 1 aromatic carbocycles. The maximum atomic E-state index is 12.1. The molecule has 0 fully saturated rings. The first-order chi connectivity index (χ1) is 11.7. The Bertz CT molecular complexity index is 782. The molecule has 2 N–H and O–H groups in total. The van der Waals surface area contributed by atoms with Crippen LogP contribution in [0.15, 0.2) is 73.1 Å². The molecule has 0 radical (unpaired) electrons. The molecule has 0 unspecified atom stereocenters. The Morgan fingerprint density at radius 2 is 1.17 bits per heavy atom. The van der Waals surface area contributed by atoms with Crippen molar-refractivity contribution in [2.75, 3.05) is 10.6 Å². The zero-order valence-electron chi connectivity index (χ0n) is 12.6. The van der Waals surface area contributed by atoms with Crippen molar-refractivity contribution in [1.29, 1.82) is 0 Å². The fourth-order valence-electron chi connectivity index (χ4n) is 2.06. The molecule has 0 bridgehead atoms. The third kappa shape index (κ3) is 3.80. The number of hydrogen-bond donors (Lipinski definition) is 2. The number of rotatable bonds is 4. The third-order valence-electron chi connectivity index (χ3n) is 3.17. The van der Waals surface area contributed by atoms with Crippen LogP contribution in [0.5, 0.6) is 0 Å². The standard InChI is InChI=1S/C18H14N4O2/c23-17(15-8-1-3-10-19-15)21-13-6-5-7-14(12-13)22-18(24)16-9-2-4-11-20-16/h1-12H,(H,21,23)(H,22,24). The highest BCUT2D eigenvalue weighted by molar-refractivity contribution is 6.05. The van der Waals surface area contributed by atoms with E-state index < -0.39 is 0 Å². The highest BCUT2D eigenvalue weighted by Crippen LogP contribution is 2.16. The van der Waals surface area contributed by atoms with Gasteiger partial charge in [-0.1, -0.05) is 18.2 Å². The van der Waals surface area contributed by atoms with Crippen molar-refractivity contribution in [2.24, 2.45) is 0 Å². The van der Waals surface area contributed by atoms with Crippen molar-refractivity contribution in [3.05, 3.63) is 84.4 Å². The van der Waals surface area contributed by atoms with E-state index in [2.05, 4.69) is 20.6 Å². The van der Waals surface area contributed by atoms with E-state index in [0.717, 1.165) is 0 Å². The molecule has 0 aliphatic rings. The van der Waals surface area contributed by atoms with E-state index in [-0.39, 0.29) is 11.8 Å². The van der Waals surface area contributed by atoms with Crippen LogP contribution in [0, 0.1) is 0 Å². The summed E-state index contributed by atoms with van der Waals surface area (Å²) in [6, 6.07) is 17.1. The SMILES string of the molecule is O=C(Nc1cccc(NC(=O)c2ccccn2)c1)c1ccccn1. The zero-order valence-corrected chi connectivity index (χ0v) is 12.6. The number of carbonyl (C=O) groups excluding carboxylic acids is 2. The summed E-state index contributed by atoms with van der Waals surface area (Å²) >= 11 is 0. The van der Waals surface area contributed by atoms with Crippen molar-refractivity contribution in [2.45, 2.75) is 0 Å². The van der Waals surface area contributed by atoms with Crippen molar-refractivity contribution < 1.29 is 9.59 Å². The lowest BCUT2D eigenvalue weighted by atomic mass is 10.2. The van der Waals surface area contributed by atoms with Gasteiger partial charge in [0.25, 0.3) is 11.8 Å². The molecule has 24 heavy (non-hydrogen) atoms. The van der Waals surface area contributed by atoms with Crippen LogP contribution in [0.4, 0.5) is 11.4 Å². The first-order valence-corrected chi connectivity index (χ1v) is 7.27. The van der Waals surface area contributed by atoms with Gasteiger partial charge < -0.3 is 10.6 Å². The average Bonchev–Trinajstić information content (AvgIpc) is 2.63. The fourth-order valence-corrected chi connectivity index (χ4v) is 2.06. The molecular formula is C18H14N4O2. The molecular weight excluding hydrogens is 304 g/mol. The van der Waals surface area contributed by atoms with Gasteiger partial charge in [-0.25, -0.2) is 0 Å². The monoisotopic (exact) mass is 318 g/mol. The molecule has 3 aromatic rings. The second-order valence-electron chi connectivity index (χ2n) is 4.92. The van der Waals surface area contributed by atoms with Gasteiger partial charge in [0.05, 0.1) is 0 Å². The van der Waals surface area contributed by atoms with E-state index in [1.54, 1.807) is 73.1 Å². The van der Waals surface area contributed by atoms with Gasteiger partial charge in [-0.05, 0) is 42.5 Å². The van der Waals surface area contributed by atoms with Crippen LogP contribution < -0.4 is 10.6 Å². The van der Waals surface area contributed by atoms with Crippen LogP contribution in [-0.2, 0) is 0 Å². The average molecular weight is 318 g/mol. The second kappa shape index (κ2) is 7.15. The number of nitrogens with one attached hydrogen (secondary N) is 2. The third-order valence-corrected chi connectivity index (χ3v) is 3.17. The summed E-state index contributed by atoms with van der Waals surface area (Å²) in [5.74, 6) is -0.632. The lowest BCUT2D eigenvalue weighted by Crippen LogP contribution is -2.15. The molecule has 0 saturated heterocycles. The quantitative estimate of drug-likeness (QED) is 0.774. The smallest absolute Gasteiger partial charge is 0.274 e. The van der Waals surface area contributed by atoms with Gasteiger partial charge in [-0.2, -0.15) is 0 Å². The number of hydrogen-bond acceptors (Lipinski definition) is 4. The molecule has 118 valence electrons. The Balaban J connectivity index is 1.70. The minimum atomic E-state index is -0.316. The fraction of sp³-hybridized carbons (Fsp3) is 0. The largest absolute Gasteiger partial charge is 0.321 e. The van der Waals surface area contributed by atoms with E-state index in [9.17, 15) is 9.59 Å². The van der Waals surface area contributed by atoms with Gasteiger partial charge in [0.2, 0.25) is 0 Å². The van der Waals surface area contributed by atoms with Crippen LogP contribution in [0.25, 0.3) is 0 Å². The molecule has 3 rings (SSSR count). The van der Waals surface area contributed by atoms with Crippen molar-refractivity contribution in [3.8, 4) is 0 Å². The lowest BCUT2D eigenvalue weighted by molar-refractivity contribution is 0.101. The van der Waals surface area contributed by atoms with E-state index in [0.29, 0.717) is 22.8 Å². The van der Waals surface area contributed by atoms with Gasteiger partial charge in [-0.15, -0.1) is 0 Å². The molecule has 6 nitrogen and oxygen atoms in total. The maximum Gasteiger partial charge on any atom is 0.274 e. The van der Waals surface area contributed by atoms with Crippen molar-refractivity contribution >= 4 is 23.2 Å². The van der Waals surface area contributed by atoms with Crippen LogP contribution >= 0.6 is 0 Å². The van der Waals surface area contributed by atoms with Crippen molar-refractivity contribution in [1.82, 2.24) is 9.97 Å². The van der Waals surface area contributed by atoms with Crippen LogP contribution in [-0.4, -0.2) is 21.8 Å². The molecule has 2 amide bonds. The topological polar surface area (TPSA) is 84.0 Å². The van der Waals surface area contributed by atoms with E-state index in [4.69, 9.17) is 0 Å². The summed E-state index contributed by atoms with van der Waals surface area (Å²) in [5.41, 5.74) is 1.76. The Morgan fingerprint density at radius 3 is 1.58 bits per heavy atom. The number of nitrogens with zero attached hydrogens (tertiary/aromatic N) is 2. The molecule has 2 heterocycles. The van der Waals surface area contributed by atoms with Gasteiger partial charge in [0.1, 0.15) is 11.4 Å². The van der Waals surface area contributed by atoms with Gasteiger partial charge in [0, 0.05) is 23.8 Å². The van der Waals surface area contributed by atoms with Gasteiger partial charge in [-0.3, -0.25) is 19.6 Å². The number of benzene rings is 1. The summed E-state index contributed by atoms with van der Waals surface area (Å²) in [4.78, 5) is 32.2. The number of carbonyl (C=O) groups is 2. The Morgan fingerprint density at radius 1 is 0.667 bits per heavy atom. The van der Waals surface area contributed by atoms with Crippen LogP contribution in [0.3, 0.4) is 0 Å². The number of anilines is 2. The van der Waals surface area contributed by atoms with E-state index >= 15 is 0 Å². The Labute approximate surface area is 138 Å². The maximum absolute atomic E-state index is 12.1. The normalized spacial score (nSPS) is 10.0. The first kappa shape index (κ1) is 15.4. The summed E-state index contributed by atoms with van der Waals surface area (Å²) < 4.78 is 0. The minimum absolute atomic E-state index is 0.316. The molecule has 0 atom stereocenters. The highest BCUT2D eigenvalue weighted by Gasteiger charge is 2.09. The summed E-state index contributed by atoms with van der Waals surface area (Å²) in [5, 5.41) is 5.49. The Hall–Kier alpha value is -3.54. The number of amides is 2. The van der Waals surface area contributed by atoms with Crippen molar-refractivity contribution in [3.63, 3.8) is 0 Å². The summed E-state index contributed by atoms with van der Waals surface area (Å²) in [6.45, 7) is 0.